The molecule has 0 radical (unpaired) electrons. The van der Waals surface area contributed by atoms with Crippen LogP contribution in [0.4, 0.5) is 27.6 Å². The van der Waals surface area contributed by atoms with Crippen LogP contribution in [0.25, 0.3) is 11.1 Å². The molecule has 3 aromatic carbocycles. The molecule has 0 spiro atoms. The average molecular weight is 497 g/mol. The highest BCUT2D eigenvalue weighted by Gasteiger charge is 2.62. The van der Waals surface area contributed by atoms with E-state index in [2.05, 4.69) is 5.10 Å². The van der Waals surface area contributed by atoms with Crippen LogP contribution in [0.5, 0.6) is 0 Å². The van der Waals surface area contributed by atoms with E-state index in [0.717, 1.165) is 21.0 Å². The number of halogens is 6. The normalized spacial score (nSPS) is 16.8. The van der Waals surface area contributed by atoms with Crippen LogP contribution in [0.2, 0.25) is 5.02 Å². The van der Waals surface area contributed by atoms with Crippen LogP contribution >= 0.6 is 23.4 Å². The van der Waals surface area contributed by atoms with E-state index >= 15 is 0 Å². The van der Waals surface area contributed by atoms with Crippen LogP contribution in [0.15, 0.2) is 82.8 Å². The molecule has 0 N–H and O–H groups in total. The highest BCUT2D eigenvalue weighted by molar-refractivity contribution is 7.98. The average Bonchev–Trinajstić information content (AvgIpc) is 3.25. The first kappa shape index (κ1) is 23.6. The number of hydrogen-bond donors (Lipinski definition) is 0. The largest absolute Gasteiger partial charge is 0.459 e. The van der Waals surface area contributed by atoms with Gasteiger partial charge in [0, 0.05) is 11.3 Å². The number of hydrogen-bond acceptors (Lipinski definition) is 3. The first-order valence-corrected chi connectivity index (χ1v) is 11.5. The van der Waals surface area contributed by atoms with Gasteiger partial charge in [0.05, 0.1) is 16.8 Å². The van der Waals surface area contributed by atoms with Gasteiger partial charge in [-0.3, -0.25) is 5.01 Å². The Morgan fingerprint density at radius 2 is 1.61 bits per heavy atom. The molecule has 1 unspecified atom stereocenters. The van der Waals surface area contributed by atoms with Crippen LogP contribution in [-0.2, 0) is 0 Å². The van der Waals surface area contributed by atoms with Crippen molar-refractivity contribution in [3.05, 3.63) is 83.4 Å². The number of benzene rings is 3. The first-order chi connectivity index (χ1) is 15.6. The number of rotatable bonds is 5. The fourth-order valence-electron chi connectivity index (χ4n) is 3.69. The van der Waals surface area contributed by atoms with Gasteiger partial charge in [-0.15, -0.1) is 11.8 Å². The Morgan fingerprint density at radius 3 is 2.24 bits per heavy atom. The molecule has 3 aromatic rings. The van der Waals surface area contributed by atoms with Gasteiger partial charge < -0.3 is 0 Å². The smallest absolute Gasteiger partial charge is 0.256 e. The minimum absolute atomic E-state index is 0.201. The third-order valence-electron chi connectivity index (χ3n) is 5.42. The van der Waals surface area contributed by atoms with Gasteiger partial charge in [-0.25, -0.2) is 0 Å². The van der Waals surface area contributed by atoms with E-state index in [9.17, 15) is 22.0 Å². The van der Waals surface area contributed by atoms with Crippen molar-refractivity contribution in [1.29, 1.82) is 0 Å². The quantitative estimate of drug-likeness (QED) is 0.261. The molecule has 172 valence electrons. The number of alkyl halides is 5. The molecule has 1 aliphatic heterocycles. The summed E-state index contributed by atoms with van der Waals surface area (Å²) in [6.45, 7) is 0. The van der Waals surface area contributed by atoms with Crippen LogP contribution in [-0.4, -0.2) is 24.1 Å². The van der Waals surface area contributed by atoms with E-state index in [1.54, 1.807) is 48.2 Å². The second kappa shape index (κ2) is 8.99. The second-order valence-electron chi connectivity index (χ2n) is 7.49. The maximum Gasteiger partial charge on any atom is 0.459 e. The van der Waals surface area contributed by atoms with Crippen molar-refractivity contribution < 1.29 is 22.0 Å². The van der Waals surface area contributed by atoms with Gasteiger partial charge in [0.25, 0.3) is 0 Å². The molecule has 9 heteroatoms. The maximum absolute atomic E-state index is 14.2. The first-order valence-electron chi connectivity index (χ1n) is 9.92. The number of anilines is 1. The highest BCUT2D eigenvalue weighted by atomic mass is 35.5. The summed E-state index contributed by atoms with van der Waals surface area (Å²) in [6.07, 6.45) is -4.37. The van der Waals surface area contributed by atoms with Gasteiger partial charge in [0.15, 0.2) is 0 Å². The predicted octanol–water partition coefficient (Wildman–Crippen LogP) is 8.23. The van der Waals surface area contributed by atoms with Crippen molar-refractivity contribution in [1.82, 2.24) is 0 Å². The zero-order valence-electron chi connectivity index (χ0n) is 17.3. The number of thioether (sulfide) groups is 1. The minimum atomic E-state index is -5.74. The Kier molecular flexibility index (Phi) is 6.42. The van der Waals surface area contributed by atoms with E-state index in [0.29, 0.717) is 5.56 Å². The van der Waals surface area contributed by atoms with Gasteiger partial charge in [-0.2, -0.15) is 27.1 Å². The number of hydrazone groups is 1. The summed E-state index contributed by atoms with van der Waals surface area (Å²) in [7, 11) is 0. The number of para-hydroxylation sites is 1. The molecule has 0 bridgehead atoms. The standard InChI is InChI=1S/C24H18ClF5N2S/c1-33-18-11-9-15(10-12-18)16-5-4-6-17(13-16)21-14-22(23(26,27)24(28,29)30)31-32(21)20-8-3-2-7-19(20)25/h2-13,21H,14H2,1H3. The van der Waals surface area contributed by atoms with Crippen molar-refractivity contribution in [2.75, 3.05) is 11.3 Å². The highest BCUT2D eigenvalue weighted by Crippen LogP contribution is 2.46. The lowest BCUT2D eigenvalue weighted by Gasteiger charge is -2.25. The fourth-order valence-corrected chi connectivity index (χ4v) is 4.32. The molecule has 0 fully saturated rings. The van der Waals surface area contributed by atoms with Crippen molar-refractivity contribution in [3.8, 4) is 11.1 Å². The van der Waals surface area contributed by atoms with E-state index in [4.69, 9.17) is 11.6 Å². The molecule has 1 aliphatic rings. The summed E-state index contributed by atoms with van der Waals surface area (Å²) in [5, 5.41) is 5.09. The SMILES string of the molecule is CSc1ccc(-c2cccc(C3CC(C(F)(F)C(F)(F)F)=NN3c3ccccc3Cl)c2)cc1. The van der Waals surface area contributed by atoms with E-state index in [1.165, 1.54) is 6.07 Å². The van der Waals surface area contributed by atoms with Crippen molar-refractivity contribution >= 4 is 34.8 Å². The lowest BCUT2D eigenvalue weighted by molar-refractivity contribution is -0.249. The lowest BCUT2D eigenvalue weighted by atomic mass is 9.95. The van der Waals surface area contributed by atoms with Crippen molar-refractivity contribution in [2.24, 2.45) is 5.10 Å². The van der Waals surface area contributed by atoms with E-state index < -0.39 is 30.3 Å². The van der Waals surface area contributed by atoms with Crippen molar-refractivity contribution in [2.45, 2.75) is 29.5 Å². The van der Waals surface area contributed by atoms with Crippen LogP contribution in [0.1, 0.15) is 18.0 Å². The molecule has 33 heavy (non-hydrogen) atoms. The Labute approximate surface area is 197 Å². The van der Waals surface area contributed by atoms with E-state index in [-0.39, 0.29) is 10.7 Å². The molecule has 2 nitrogen and oxygen atoms in total. The molecule has 0 saturated carbocycles. The summed E-state index contributed by atoms with van der Waals surface area (Å²) in [4.78, 5) is 1.09. The van der Waals surface area contributed by atoms with E-state index in [1.807, 2.05) is 36.6 Å². The second-order valence-corrected chi connectivity index (χ2v) is 8.78. The molecule has 0 amide bonds. The summed E-state index contributed by atoms with van der Waals surface area (Å²) in [5.41, 5.74) is 1.29. The molecule has 1 heterocycles. The molecule has 0 saturated heterocycles. The van der Waals surface area contributed by atoms with Gasteiger partial charge in [-0.05, 0) is 53.3 Å². The monoisotopic (exact) mass is 496 g/mol. The fraction of sp³-hybridized carbons (Fsp3) is 0.208. The molecule has 0 aliphatic carbocycles. The zero-order valence-corrected chi connectivity index (χ0v) is 18.9. The Bertz CT molecular complexity index is 1180. The Hall–Kier alpha value is -2.58. The summed E-state index contributed by atoms with van der Waals surface area (Å²) in [5.74, 6) is -5.05. The topological polar surface area (TPSA) is 15.6 Å². The molecule has 0 aromatic heterocycles. The summed E-state index contributed by atoms with van der Waals surface area (Å²) in [6, 6.07) is 20.3. The van der Waals surface area contributed by atoms with Crippen LogP contribution < -0.4 is 5.01 Å². The third-order valence-corrected chi connectivity index (χ3v) is 6.49. The van der Waals surface area contributed by atoms with Crippen LogP contribution in [0.3, 0.4) is 0 Å². The van der Waals surface area contributed by atoms with Gasteiger partial charge in [0.1, 0.15) is 5.71 Å². The third kappa shape index (κ3) is 4.59. The van der Waals surface area contributed by atoms with Gasteiger partial charge in [-0.1, -0.05) is 54.1 Å². The number of nitrogens with zero attached hydrogens (tertiary/aromatic N) is 2. The van der Waals surface area contributed by atoms with Crippen LogP contribution in [0, 0.1) is 0 Å². The minimum Gasteiger partial charge on any atom is -0.256 e. The molecular weight excluding hydrogens is 479 g/mol. The Balaban J connectivity index is 1.76. The molecule has 1 atom stereocenters. The summed E-state index contributed by atoms with van der Waals surface area (Å²) >= 11 is 7.84. The zero-order chi connectivity index (χ0) is 23.8. The lowest BCUT2D eigenvalue weighted by Crippen LogP contribution is -2.43. The van der Waals surface area contributed by atoms with Crippen molar-refractivity contribution in [3.63, 3.8) is 0 Å². The Morgan fingerprint density at radius 1 is 0.909 bits per heavy atom. The maximum atomic E-state index is 14.2. The molecule has 4 rings (SSSR count). The predicted molar refractivity (Wildman–Crippen MR) is 123 cm³/mol. The summed E-state index contributed by atoms with van der Waals surface area (Å²) < 4.78 is 67.7. The molecular formula is C24H18ClF5N2S. The van der Waals surface area contributed by atoms with Gasteiger partial charge >= 0.3 is 12.1 Å². The van der Waals surface area contributed by atoms with Gasteiger partial charge in [0.2, 0.25) is 0 Å².